The highest BCUT2D eigenvalue weighted by atomic mass is 16.4. The number of carboxylic acid groups (broad SMARTS) is 1. The maximum Gasteiger partial charge on any atom is 0.303 e. The quantitative estimate of drug-likeness (QED) is 0.669. The number of anilines is 1. The Morgan fingerprint density at radius 2 is 2.14 bits per heavy atom. The zero-order valence-corrected chi connectivity index (χ0v) is 11.0. The van der Waals surface area contributed by atoms with Crippen LogP contribution in [0.1, 0.15) is 12.8 Å². The van der Waals surface area contributed by atoms with Crippen LogP contribution < -0.4 is 11.1 Å². The molecular formula is C12H14N6O3. The average Bonchev–Trinajstić information content (AvgIpc) is 2.99. The van der Waals surface area contributed by atoms with Crippen molar-refractivity contribution >= 4 is 17.6 Å². The Morgan fingerprint density at radius 1 is 1.38 bits per heavy atom. The lowest BCUT2D eigenvalue weighted by molar-refractivity contribution is -0.137. The van der Waals surface area contributed by atoms with E-state index in [9.17, 15) is 9.59 Å². The van der Waals surface area contributed by atoms with Gasteiger partial charge < -0.3 is 16.2 Å². The Hall–Kier alpha value is -2.81. The van der Waals surface area contributed by atoms with Crippen molar-refractivity contribution in [1.29, 1.82) is 0 Å². The summed E-state index contributed by atoms with van der Waals surface area (Å²) < 4.78 is 1.40. The highest BCUT2D eigenvalue weighted by molar-refractivity contribution is 5.96. The number of nitrogens with zero attached hydrogens (tertiary/aromatic N) is 4. The predicted molar refractivity (Wildman–Crippen MR) is 72.6 cm³/mol. The van der Waals surface area contributed by atoms with Crippen LogP contribution in [0.4, 0.5) is 5.69 Å². The smallest absolute Gasteiger partial charge is 0.303 e. The molecule has 1 aromatic heterocycles. The Kier molecular flexibility index (Phi) is 4.57. The van der Waals surface area contributed by atoms with Crippen LogP contribution in [0.25, 0.3) is 5.69 Å². The van der Waals surface area contributed by atoms with Crippen LogP contribution >= 0.6 is 0 Å². The van der Waals surface area contributed by atoms with Gasteiger partial charge in [-0.2, -0.15) is 4.68 Å². The van der Waals surface area contributed by atoms with Crippen molar-refractivity contribution in [3.05, 3.63) is 30.6 Å². The summed E-state index contributed by atoms with van der Waals surface area (Å²) in [5, 5.41) is 22.1. The number of carbonyl (C=O) groups excluding carboxylic acids is 1. The summed E-state index contributed by atoms with van der Waals surface area (Å²) in [5.41, 5.74) is 6.73. The van der Waals surface area contributed by atoms with E-state index in [0.717, 1.165) is 0 Å². The number of benzene rings is 1. The average molecular weight is 290 g/mol. The van der Waals surface area contributed by atoms with Crippen LogP contribution in [0.2, 0.25) is 0 Å². The van der Waals surface area contributed by atoms with Crippen molar-refractivity contribution in [2.24, 2.45) is 5.73 Å². The maximum atomic E-state index is 12.0. The lowest BCUT2D eigenvalue weighted by Crippen LogP contribution is -2.36. The van der Waals surface area contributed by atoms with Gasteiger partial charge in [-0.3, -0.25) is 9.59 Å². The molecule has 1 unspecified atom stereocenters. The minimum absolute atomic E-state index is 0.0637. The molecule has 0 aliphatic heterocycles. The molecule has 1 atom stereocenters. The molecule has 0 saturated carbocycles. The van der Waals surface area contributed by atoms with Gasteiger partial charge in [0.25, 0.3) is 0 Å². The molecule has 4 N–H and O–H groups in total. The summed E-state index contributed by atoms with van der Waals surface area (Å²) >= 11 is 0. The summed E-state index contributed by atoms with van der Waals surface area (Å²) in [4.78, 5) is 22.4. The van der Waals surface area contributed by atoms with Crippen molar-refractivity contribution < 1.29 is 14.7 Å². The fourth-order valence-electron chi connectivity index (χ4n) is 1.69. The van der Waals surface area contributed by atoms with Crippen molar-refractivity contribution in [1.82, 2.24) is 20.2 Å². The first-order valence-electron chi connectivity index (χ1n) is 6.18. The standard InChI is InChI=1S/C12H14N6O3/c13-8(5-6-11(19)20)12(21)15-9-3-1-2-4-10(9)18-7-14-16-17-18/h1-4,7-8H,5-6,13H2,(H,15,21)(H,19,20). The first kappa shape index (κ1) is 14.6. The third-order valence-corrected chi connectivity index (χ3v) is 2.76. The zero-order chi connectivity index (χ0) is 15.2. The SMILES string of the molecule is NC(CCC(=O)O)C(=O)Nc1ccccc1-n1cnnn1. The second-order valence-electron chi connectivity index (χ2n) is 4.30. The fourth-order valence-corrected chi connectivity index (χ4v) is 1.69. The first-order chi connectivity index (χ1) is 10.1. The van der Waals surface area contributed by atoms with Crippen LogP contribution in [0.15, 0.2) is 30.6 Å². The van der Waals surface area contributed by atoms with Gasteiger partial charge in [0, 0.05) is 6.42 Å². The molecular weight excluding hydrogens is 276 g/mol. The second-order valence-corrected chi connectivity index (χ2v) is 4.30. The molecule has 2 rings (SSSR count). The molecule has 21 heavy (non-hydrogen) atoms. The predicted octanol–water partition coefficient (Wildman–Crippen LogP) is -0.207. The van der Waals surface area contributed by atoms with Gasteiger partial charge in [0.15, 0.2) is 0 Å². The largest absolute Gasteiger partial charge is 0.481 e. The van der Waals surface area contributed by atoms with E-state index in [1.165, 1.54) is 11.0 Å². The zero-order valence-electron chi connectivity index (χ0n) is 11.0. The first-order valence-corrected chi connectivity index (χ1v) is 6.18. The van der Waals surface area contributed by atoms with Crippen molar-refractivity contribution in [3.8, 4) is 5.69 Å². The van der Waals surface area contributed by atoms with Gasteiger partial charge in [0.1, 0.15) is 6.33 Å². The van der Waals surface area contributed by atoms with Crippen molar-refractivity contribution in [2.45, 2.75) is 18.9 Å². The normalized spacial score (nSPS) is 11.9. The molecule has 2 aromatic rings. The summed E-state index contributed by atoms with van der Waals surface area (Å²) in [6.07, 6.45) is 1.30. The van der Waals surface area contributed by atoms with Crippen LogP contribution in [-0.2, 0) is 9.59 Å². The van der Waals surface area contributed by atoms with Crippen LogP contribution in [0.5, 0.6) is 0 Å². The number of rotatable bonds is 6. The molecule has 0 aliphatic rings. The van der Waals surface area contributed by atoms with E-state index >= 15 is 0 Å². The number of aromatic nitrogens is 4. The van der Waals surface area contributed by atoms with E-state index in [4.69, 9.17) is 10.8 Å². The van der Waals surface area contributed by atoms with E-state index in [-0.39, 0.29) is 12.8 Å². The number of carboxylic acids is 1. The van der Waals surface area contributed by atoms with Gasteiger partial charge in [-0.15, -0.1) is 5.10 Å². The third-order valence-electron chi connectivity index (χ3n) is 2.76. The Balaban J connectivity index is 2.09. The molecule has 0 saturated heterocycles. The van der Waals surface area contributed by atoms with E-state index in [0.29, 0.717) is 11.4 Å². The molecule has 9 nitrogen and oxygen atoms in total. The number of para-hydroxylation sites is 2. The second kappa shape index (κ2) is 6.57. The third kappa shape index (κ3) is 3.83. The molecule has 1 aromatic carbocycles. The summed E-state index contributed by atoms with van der Waals surface area (Å²) in [7, 11) is 0. The molecule has 110 valence electrons. The van der Waals surface area contributed by atoms with Gasteiger partial charge in [0.05, 0.1) is 17.4 Å². The molecule has 0 fully saturated rings. The van der Waals surface area contributed by atoms with Crippen molar-refractivity contribution in [3.63, 3.8) is 0 Å². The summed E-state index contributed by atoms with van der Waals surface area (Å²) in [5.74, 6) is -1.45. The Bertz CT molecular complexity index is 628. The fraction of sp³-hybridized carbons (Fsp3) is 0.250. The lowest BCUT2D eigenvalue weighted by atomic mass is 10.1. The van der Waals surface area contributed by atoms with E-state index < -0.39 is 17.9 Å². The number of amides is 1. The van der Waals surface area contributed by atoms with Gasteiger partial charge in [-0.05, 0) is 29.0 Å². The number of hydrogen-bond donors (Lipinski definition) is 3. The highest BCUT2D eigenvalue weighted by Gasteiger charge is 2.16. The molecule has 9 heteroatoms. The number of tetrazole rings is 1. The number of nitrogens with two attached hydrogens (primary N) is 1. The molecule has 1 heterocycles. The number of nitrogens with one attached hydrogen (secondary N) is 1. The Labute approximate surface area is 119 Å². The van der Waals surface area contributed by atoms with Crippen molar-refractivity contribution in [2.75, 3.05) is 5.32 Å². The molecule has 0 aliphatic carbocycles. The number of aliphatic carboxylic acids is 1. The Morgan fingerprint density at radius 3 is 2.81 bits per heavy atom. The van der Waals surface area contributed by atoms with Gasteiger partial charge in [-0.25, -0.2) is 0 Å². The lowest BCUT2D eigenvalue weighted by Gasteiger charge is -2.13. The van der Waals surface area contributed by atoms with E-state index in [1.807, 2.05) is 0 Å². The summed E-state index contributed by atoms with van der Waals surface area (Å²) in [6, 6.07) is 6.03. The number of hydrogen-bond acceptors (Lipinski definition) is 6. The van der Waals surface area contributed by atoms with Crippen LogP contribution in [0.3, 0.4) is 0 Å². The van der Waals surface area contributed by atoms with Gasteiger partial charge >= 0.3 is 5.97 Å². The molecule has 1 amide bonds. The summed E-state index contributed by atoms with van der Waals surface area (Å²) in [6.45, 7) is 0. The molecule has 0 radical (unpaired) electrons. The van der Waals surface area contributed by atoms with E-state index in [1.54, 1.807) is 24.3 Å². The van der Waals surface area contributed by atoms with E-state index in [2.05, 4.69) is 20.8 Å². The van der Waals surface area contributed by atoms with Gasteiger partial charge in [-0.1, -0.05) is 12.1 Å². The van der Waals surface area contributed by atoms with Crippen LogP contribution in [-0.4, -0.2) is 43.2 Å². The number of carbonyl (C=O) groups is 2. The minimum Gasteiger partial charge on any atom is -0.481 e. The monoisotopic (exact) mass is 290 g/mol. The molecule has 0 spiro atoms. The molecule has 0 bridgehead atoms. The maximum absolute atomic E-state index is 12.0. The van der Waals surface area contributed by atoms with Crippen LogP contribution in [0, 0.1) is 0 Å². The minimum atomic E-state index is -0.993. The topological polar surface area (TPSA) is 136 Å². The highest BCUT2D eigenvalue weighted by Crippen LogP contribution is 2.18. The van der Waals surface area contributed by atoms with Gasteiger partial charge in [0.2, 0.25) is 5.91 Å².